The number of ether oxygens (including phenoxy) is 1. The van der Waals surface area contributed by atoms with Crippen LogP contribution in [0.5, 0.6) is 0 Å². The van der Waals surface area contributed by atoms with Crippen LogP contribution >= 0.6 is 0 Å². The minimum Gasteiger partial charge on any atom is -0.454 e. The topological polar surface area (TPSA) is 80.7 Å². The number of hydrogen-bond donors (Lipinski definition) is 1. The SMILES string of the molecule is O=C(OCC(F)(F)S(=O)(=O)O)c1ccc(C(F)(F)F)cc1. The Kier molecular flexibility index (Phi) is 4.58. The van der Waals surface area contributed by atoms with E-state index in [-0.39, 0.29) is 0 Å². The predicted octanol–water partition coefficient (Wildman–Crippen LogP) is 2.34. The fourth-order valence-electron chi connectivity index (χ4n) is 1.10. The molecule has 1 aromatic rings. The number of alkyl halides is 5. The van der Waals surface area contributed by atoms with Gasteiger partial charge in [0.05, 0.1) is 11.1 Å². The molecule has 0 aliphatic carbocycles. The van der Waals surface area contributed by atoms with E-state index in [1.807, 2.05) is 0 Å². The minimum atomic E-state index is -5.77. The lowest BCUT2D eigenvalue weighted by Gasteiger charge is -2.13. The van der Waals surface area contributed by atoms with Crippen LogP contribution in [0, 0.1) is 0 Å². The standard InChI is InChI=1S/C10H7F5O5S/c11-9(12,21(17,18)19)5-20-8(16)6-1-3-7(4-2-6)10(13,14)15/h1-4H,5H2,(H,17,18,19). The smallest absolute Gasteiger partial charge is 0.416 e. The molecule has 0 radical (unpaired) electrons. The van der Waals surface area contributed by atoms with Gasteiger partial charge in [0.15, 0.2) is 6.61 Å². The van der Waals surface area contributed by atoms with Crippen LogP contribution in [-0.2, 0) is 21.0 Å². The first kappa shape index (κ1) is 17.3. The fourth-order valence-corrected chi connectivity index (χ4v) is 1.31. The van der Waals surface area contributed by atoms with Crippen LogP contribution in [-0.4, -0.2) is 30.8 Å². The van der Waals surface area contributed by atoms with E-state index in [4.69, 9.17) is 4.55 Å². The lowest BCUT2D eigenvalue weighted by Crippen LogP contribution is -2.34. The molecule has 0 fully saturated rings. The lowest BCUT2D eigenvalue weighted by atomic mass is 10.1. The third-order valence-corrected chi connectivity index (χ3v) is 3.07. The van der Waals surface area contributed by atoms with Gasteiger partial charge in [-0.05, 0) is 24.3 Å². The molecular weight excluding hydrogens is 327 g/mol. The number of carbonyl (C=O) groups excluding carboxylic acids is 1. The summed E-state index contributed by atoms with van der Waals surface area (Å²) in [6.45, 7) is -1.97. The number of carbonyl (C=O) groups is 1. The van der Waals surface area contributed by atoms with Crippen LogP contribution in [0.2, 0.25) is 0 Å². The summed E-state index contributed by atoms with van der Waals surface area (Å²) >= 11 is 0. The van der Waals surface area contributed by atoms with Gasteiger partial charge in [-0.3, -0.25) is 4.55 Å². The van der Waals surface area contributed by atoms with Crippen LogP contribution in [0.1, 0.15) is 15.9 Å². The highest BCUT2D eigenvalue weighted by Crippen LogP contribution is 2.29. The van der Waals surface area contributed by atoms with Gasteiger partial charge in [0.2, 0.25) is 0 Å². The number of esters is 1. The van der Waals surface area contributed by atoms with Gasteiger partial charge in [0.1, 0.15) is 0 Å². The van der Waals surface area contributed by atoms with Crippen molar-refractivity contribution < 1.29 is 44.5 Å². The molecule has 0 saturated carbocycles. The summed E-state index contributed by atoms with van der Waals surface area (Å²) in [5, 5.41) is -4.71. The molecule has 11 heteroatoms. The van der Waals surface area contributed by atoms with Crippen molar-refractivity contribution in [3.05, 3.63) is 35.4 Å². The Balaban J connectivity index is 2.78. The van der Waals surface area contributed by atoms with E-state index >= 15 is 0 Å². The summed E-state index contributed by atoms with van der Waals surface area (Å²) < 4.78 is 94.9. The first-order valence-corrected chi connectivity index (χ1v) is 6.48. The molecule has 0 heterocycles. The molecule has 1 N–H and O–H groups in total. The Labute approximate surface area is 115 Å². The van der Waals surface area contributed by atoms with Crippen molar-refractivity contribution in [2.24, 2.45) is 0 Å². The summed E-state index contributed by atoms with van der Waals surface area (Å²) in [5.74, 6) is -1.47. The molecule has 0 atom stereocenters. The Hall–Kier alpha value is -1.75. The lowest BCUT2D eigenvalue weighted by molar-refractivity contribution is -0.137. The summed E-state index contributed by atoms with van der Waals surface area (Å²) in [6, 6.07) is 2.41. The molecule has 1 rings (SSSR count). The second kappa shape index (κ2) is 5.56. The van der Waals surface area contributed by atoms with E-state index in [0.717, 1.165) is 0 Å². The summed E-state index contributed by atoms with van der Waals surface area (Å²) in [5.41, 5.74) is -1.56. The maximum Gasteiger partial charge on any atom is 0.416 e. The highest BCUT2D eigenvalue weighted by Gasteiger charge is 2.45. The second-order valence-corrected chi connectivity index (χ2v) is 5.31. The van der Waals surface area contributed by atoms with Gasteiger partial charge < -0.3 is 4.74 Å². The van der Waals surface area contributed by atoms with Crippen LogP contribution in [0.4, 0.5) is 22.0 Å². The van der Waals surface area contributed by atoms with Crippen molar-refractivity contribution >= 4 is 16.1 Å². The zero-order chi connectivity index (χ0) is 16.5. The van der Waals surface area contributed by atoms with Crippen molar-refractivity contribution in [1.82, 2.24) is 0 Å². The minimum absolute atomic E-state index is 0.492. The molecule has 0 unspecified atom stereocenters. The number of benzene rings is 1. The van der Waals surface area contributed by atoms with Crippen LogP contribution in [0.15, 0.2) is 24.3 Å². The Morgan fingerprint density at radius 2 is 1.57 bits per heavy atom. The van der Waals surface area contributed by atoms with Gasteiger partial charge in [-0.1, -0.05) is 0 Å². The van der Waals surface area contributed by atoms with Crippen molar-refractivity contribution in [2.45, 2.75) is 11.4 Å². The summed E-state index contributed by atoms with van der Waals surface area (Å²) in [7, 11) is -5.77. The van der Waals surface area contributed by atoms with E-state index in [2.05, 4.69) is 4.74 Å². The van der Waals surface area contributed by atoms with Crippen LogP contribution in [0.25, 0.3) is 0 Å². The average Bonchev–Trinajstić information content (AvgIpc) is 2.34. The molecule has 118 valence electrons. The van der Waals surface area contributed by atoms with Crippen molar-refractivity contribution in [3.8, 4) is 0 Å². The molecular formula is C10H7F5O5S. The molecule has 21 heavy (non-hydrogen) atoms. The molecule has 0 aromatic heterocycles. The first-order valence-electron chi connectivity index (χ1n) is 5.04. The fraction of sp³-hybridized carbons (Fsp3) is 0.300. The largest absolute Gasteiger partial charge is 0.454 e. The quantitative estimate of drug-likeness (QED) is 0.519. The zero-order valence-electron chi connectivity index (χ0n) is 9.89. The van der Waals surface area contributed by atoms with Gasteiger partial charge in [-0.25, -0.2) is 4.79 Å². The average molecular weight is 334 g/mol. The monoisotopic (exact) mass is 334 g/mol. The predicted molar refractivity (Wildman–Crippen MR) is 58.2 cm³/mol. The van der Waals surface area contributed by atoms with Gasteiger partial charge in [0, 0.05) is 0 Å². The number of rotatable bonds is 4. The summed E-state index contributed by atoms with van der Waals surface area (Å²) in [6.07, 6.45) is -4.64. The molecule has 0 saturated heterocycles. The third kappa shape index (κ3) is 4.36. The maximum absolute atomic E-state index is 12.8. The highest BCUT2D eigenvalue weighted by molar-refractivity contribution is 7.86. The molecule has 0 aliphatic heterocycles. The highest BCUT2D eigenvalue weighted by atomic mass is 32.2. The van der Waals surface area contributed by atoms with Gasteiger partial charge in [-0.2, -0.15) is 30.4 Å². The molecule has 0 amide bonds. The van der Waals surface area contributed by atoms with E-state index in [9.17, 15) is 35.2 Å². The van der Waals surface area contributed by atoms with E-state index in [0.29, 0.717) is 24.3 Å². The van der Waals surface area contributed by atoms with Gasteiger partial charge >= 0.3 is 27.5 Å². The van der Waals surface area contributed by atoms with E-state index < -0.39 is 45.3 Å². The molecule has 0 aliphatic rings. The molecule has 5 nitrogen and oxygen atoms in total. The molecule has 0 spiro atoms. The van der Waals surface area contributed by atoms with Gasteiger partial charge in [-0.15, -0.1) is 0 Å². The number of hydrogen-bond acceptors (Lipinski definition) is 4. The third-order valence-electron chi connectivity index (χ3n) is 2.20. The summed E-state index contributed by atoms with van der Waals surface area (Å²) in [4.78, 5) is 11.3. The zero-order valence-corrected chi connectivity index (χ0v) is 10.7. The van der Waals surface area contributed by atoms with Crippen molar-refractivity contribution in [3.63, 3.8) is 0 Å². The molecule has 1 aromatic carbocycles. The van der Waals surface area contributed by atoms with Gasteiger partial charge in [0.25, 0.3) is 0 Å². The Bertz CT molecular complexity index is 620. The maximum atomic E-state index is 12.8. The molecule has 0 bridgehead atoms. The second-order valence-electron chi connectivity index (χ2n) is 3.76. The first-order chi connectivity index (χ1) is 9.34. The van der Waals surface area contributed by atoms with E-state index in [1.165, 1.54) is 0 Å². The van der Waals surface area contributed by atoms with Crippen molar-refractivity contribution in [2.75, 3.05) is 6.61 Å². The Morgan fingerprint density at radius 1 is 1.10 bits per heavy atom. The van der Waals surface area contributed by atoms with E-state index in [1.54, 1.807) is 0 Å². The Morgan fingerprint density at radius 3 is 1.95 bits per heavy atom. The normalized spacial score (nSPS) is 13.0. The van der Waals surface area contributed by atoms with Crippen LogP contribution in [0.3, 0.4) is 0 Å². The van der Waals surface area contributed by atoms with Crippen LogP contribution < -0.4 is 0 Å². The number of halogens is 5. The van der Waals surface area contributed by atoms with Crippen molar-refractivity contribution in [1.29, 1.82) is 0 Å².